The first-order valence-corrected chi connectivity index (χ1v) is 5.06. The van der Waals surface area contributed by atoms with Crippen molar-refractivity contribution in [1.82, 2.24) is 5.32 Å². The zero-order chi connectivity index (χ0) is 12.5. The molecule has 4 nitrogen and oxygen atoms in total. The molecule has 1 N–H and O–H groups in total. The highest BCUT2D eigenvalue weighted by molar-refractivity contribution is 5.77. The molecule has 0 spiro atoms. The van der Waals surface area contributed by atoms with Gasteiger partial charge in [0.25, 0.3) is 5.91 Å². The first-order chi connectivity index (χ1) is 8.27. The number of hydrogen-bond acceptors (Lipinski definition) is 3. The third-order valence-electron chi connectivity index (χ3n) is 1.92. The zero-order valence-electron chi connectivity index (χ0n) is 9.49. The second-order valence-electron chi connectivity index (χ2n) is 3.10. The summed E-state index contributed by atoms with van der Waals surface area (Å²) in [4.78, 5) is 11.3. The van der Waals surface area contributed by atoms with Crippen LogP contribution in [0.3, 0.4) is 0 Å². The molecule has 0 heterocycles. The predicted molar refractivity (Wildman–Crippen MR) is 63.1 cm³/mol. The number of nitrogens with one attached hydrogen (secondary N) is 1. The van der Waals surface area contributed by atoms with Gasteiger partial charge < -0.3 is 10.1 Å². The summed E-state index contributed by atoms with van der Waals surface area (Å²) < 4.78 is 5.24. The minimum Gasteiger partial charge on any atom is -0.482 e. The SMILES string of the molecule is CC#CCNC(=O)COc1ccccc1C#N. The van der Waals surface area contributed by atoms with E-state index >= 15 is 0 Å². The number of nitrogens with zero attached hydrogens (tertiary/aromatic N) is 1. The number of benzene rings is 1. The van der Waals surface area contributed by atoms with E-state index in [2.05, 4.69) is 17.2 Å². The third kappa shape index (κ3) is 4.27. The van der Waals surface area contributed by atoms with Crippen LogP contribution in [-0.2, 0) is 4.79 Å². The van der Waals surface area contributed by atoms with E-state index in [1.807, 2.05) is 6.07 Å². The molecule has 0 aliphatic carbocycles. The highest BCUT2D eigenvalue weighted by Gasteiger charge is 2.04. The Morgan fingerprint density at radius 2 is 2.24 bits per heavy atom. The van der Waals surface area contributed by atoms with E-state index in [4.69, 9.17) is 10.00 Å². The third-order valence-corrected chi connectivity index (χ3v) is 1.92. The van der Waals surface area contributed by atoms with Gasteiger partial charge >= 0.3 is 0 Å². The Morgan fingerprint density at radius 3 is 2.94 bits per heavy atom. The molecule has 0 aliphatic rings. The normalized spacial score (nSPS) is 8.47. The number of carbonyl (C=O) groups is 1. The summed E-state index contributed by atoms with van der Waals surface area (Å²) in [5, 5.41) is 11.4. The summed E-state index contributed by atoms with van der Waals surface area (Å²) in [7, 11) is 0. The smallest absolute Gasteiger partial charge is 0.258 e. The van der Waals surface area contributed by atoms with E-state index in [-0.39, 0.29) is 12.5 Å². The molecule has 0 unspecified atom stereocenters. The van der Waals surface area contributed by atoms with Gasteiger partial charge in [0.05, 0.1) is 12.1 Å². The van der Waals surface area contributed by atoms with E-state index in [0.717, 1.165) is 0 Å². The van der Waals surface area contributed by atoms with Crippen molar-refractivity contribution in [2.45, 2.75) is 6.92 Å². The maximum Gasteiger partial charge on any atom is 0.258 e. The monoisotopic (exact) mass is 228 g/mol. The Morgan fingerprint density at radius 1 is 1.47 bits per heavy atom. The van der Waals surface area contributed by atoms with Gasteiger partial charge in [-0.15, -0.1) is 5.92 Å². The molecule has 86 valence electrons. The molecular weight excluding hydrogens is 216 g/mol. The largest absolute Gasteiger partial charge is 0.482 e. The van der Waals surface area contributed by atoms with Crippen molar-refractivity contribution >= 4 is 5.91 Å². The molecule has 0 saturated heterocycles. The van der Waals surface area contributed by atoms with Crippen LogP contribution >= 0.6 is 0 Å². The highest BCUT2D eigenvalue weighted by atomic mass is 16.5. The number of ether oxygens (including phenoxy) is 1. The lowest BCUT2D eigenvalue weighted by molar-refractivity contribution is -0.122. The predicted octanol–water partition coefficient (Wildman–Crippen LogP) is 1.08. The summed E-state index contributed by atoms with van der Waals surface area (Å²) >= 11 is 0. The number of carbonyl (C=O) groups excluding carboxylic acids is 1. The van der Waals surface area contributed by atoms with Crippen LogP contribution in [0.2, 0.25) is 0 Å². The first-order valence-electron chi connectivity index (χ1n) is 5.06. The Bertz CT molecular complexity index is 492. The van der Waals surface area contributed by atoms with Crippen LogP contribution in [0, 0.1) is 23.2 Å². The fourth-order valence-electron chi connectivity index (χ4n) is 1.11. The van der Waals surface area contributed by atoms with Gasteiger partial charge in [0.1, 0.15) is 11.8 Å². The van der Waals surface area contributed by atoms with Crippen LogP contribution < -0.4 is 10.1 Å². The van der Waals surface area contributed by atoms with Crippen molar-refractivity contribution in [2.75, 3.05) is 13.2 Å². The molecule has 0 aliphatic heterocycles. The van der Waals surface area contributed by atoms with E-state index in [1.165, 1.54) is 0 Å². The van der Waals surface area contributed by atoms with Crippen molar-refractivity contribution in [3.63, 3.8) is 0 Å². The molecule has 0 radical (unpaired) electrons. The van der Waals surface area contributed by atoms with Crippen molar-refractivity contribution < 1.29 is 9.53 Å². The molecule has 0 saturated carbocycles. The Hall–Kier alpha value is -2.46. The summed E-state index contributed by atoms with van der Waals surface area (Å²) in [6.45, 7) is 1.88. The molecule has 0 fully saturated rings. The quantitative estimate of drug-likeness (QED) is 0.784. The van der Waals surface area contributed by atoms with Crippen molar-refractivity contribution in [2.24, 2.45) is 0 Å². The average Bonchev–Trinajstić information content (AvgIpc) is 2.37. The summed E-state index contributed by atoms with van der Waals surface area (Å²) in [5.41, 5.74) is 0.411. The minimum absolute atomic E-state index is 0.121. The number of hydrogen-bond donors (Lipinski definition) is 1. The van der Waals surface area contributed by atoms with Gasteiger partial charge in [0.2, 0.25) is 0 Å². The van der Waals surface area contributed by atoms with E-state index in [0.29, 0.717) is 17.9 Å². The zero-order valence-corrected chi connectivity index (χ0v) is 9.49. The molecule has 0 atom stereocenters. The van der Waals surface area contributed by atoms with Crippen LogP contribution in [0.15, 0.2) is 24.3 Å². The molecule has 1 aromatic carbocycles. The fraction of sp³-hybridized carbons (Fsp3) is 0.231. The molecule has 1 rings (SSSR count). The van der Waals surface area contributed by atoms with Crippen molar-refractivity contribution in [1.29, 1.82) is 5.26 Å². The van der Waals surface area contributed by atoms with E-state index in [1.54, 1.807) is 31.2 Å². The minimum atomic E-state index is -0.263. The van der Waals surface area contributed by atoms with E-state index < -0.39 is 0 Å². The van der Waals surface area contributed by atoms with Gasteiger partial charge in [-0.05, 0) is 19.1 Å². The van der Waals surface area contributed by atoms with Gasteiger partial charge in [-0.3, -0.25) is 4.79 Å². The number of rotatable bonds is 4. The van der Waals surface area contributed by atoms with Crippen LogP contribution in [0.4, 0.5) is 0 Å². The second-order valence-corrected chi connectivity index (χ2v) is 3.10. The molecule has 0 aromatic heterocycles. The Balaban J connectivity index is 2.47. The van der Waals surface area contributed by atoms with Crippen LogP contribution in [0.25, 0.3) is 0 Å². The van der Waals surface area contributed by atoms with Gasteiger partial charge in [0.15, 0.2) is 6.61 Å². The van der Waals surface area contributed by atoms with Crippen LogP contribution in [0.1, 0.15) is 12.5 Å². The summed E-state index contributed by atoms with van der Waals surface area (Å²) in [5.74, 6) is 5.52. The Labute approximate surface area is 100 Å². The van der Waals surface area contributed by atoms with Crippen LogP contribution in [0.5, 0.6) is 5.75 Å². The summed E-state index contributed by atoms with van der Waals surface area (Å²) in [6, 6.07) is 8.76. The molecule has 4 heteroatoms. The van der Waals surface area contributed by atoms with E-state index in [9.17, 15) is 4.79 Å². The lowest BCUT2D eigenvalue weighted by Crippen LogP contribution is -2.29. The van der Waals surface area contributed by atoms with Gasteiger partial charge in [-0.2, -0.15) is 5.26 Å². The van der Waals surface area contributed by atoms with Gasteiger partial charge in [-0.1, -0.05) is 18.1 Å². The number of amides is 1. The first kappa shape index (κ1) is 12.6. The molecule has 17 heavy (non-hydrogen) atoms. The number of nitriles is 1. The lowest BCUT2D eigenvalue weighted by Gasteiger charge is -2.06. The maximum absolute atomic E-state index is 11.3. The maximum atomic E-state index is 11.3. The standard InChI is InChI=1S/C13H12N2O2/c1-2-3-8-15-13(16)10-17-12-7-5-4-6-11(12)9-14/h4-7H,8,10H2,1H3,(H,15,16). The van der Waals surface area contributed by atoms with Crippen molar-refractivity contribution in [3.05, 3.63) is 29.8 Å². The van der Waals surface area contributed by atoms with Gasteiger partial charge in [0, 0.05) is 0 Å². The average molecular weight is 228 g/mol. The molecule has 1 amide bonds. The lowest BCUT2D eigenvalue weighted by atomic mass is 10.2. The Kier molecular flexibility index (Phi) is 5.13. The van der Waals surface area contributed by atoms with Crippen molar-refractivity contribution in [3.8, 4) is 23.7 Å². The highest BCUT2D eigenvalue weighted by Crippen LogP contribution is 2.15. The second kappa shape index (κ2) is 6.92. The number of para-hydroxylation sites is 1. The summed E-state index contributed by atoms with van der Waals surface area (Å²) in [6.07, 6.45) is 0. The van der Waals surface area contributed by atoms with Crippen LogP contribution in [-0.4, -0.2) is 19.1 Å². The fourth-order valence-corrected chi connectivity index (χ4v) is 1.11. The molecule has 1 aromatic rings. The molecule has 0 bridgehead atoms. The topological polar surface area (TPSA) is 62.1 Å². The van der Waals surface area contributed by atoms with Gasteiger partial charge in [-0.25, -0.2) is 0 Å². The molecular formula is C13H12N2O2.